The molecule has 0 aliphatic carbocycles. The lowest BCUT2D eigenvalue weighted by atomic mass is 10.1. The van der Waals surface area contributed by atoms with E-state index in [0.29, 0.717) is 31.5 Å². The molecule has 0 radical (unpaired) electrons. The van der Waals surface area contributed by atoms with Gasteiger partial charge in [-0.3, -0.25) is 4.90 Å². The largest absolute Gasteiger partial charge is 0.377 e. The first-order chi connectivity index (χ1) is 16.0. The molecule has 1 unspecified atom stereocenters. The quantitative estimate of drug-likeness (QED) is 0.653. The molecule has 9 heteroatoms. The fraction of sp³-hybridized carbons (Fsp3) is 0.500. The van der Waals surface area contributed by atoms with Crippen molar-refractivity contribution in [1.82, 2.24) is 20.2 Å². The Morgan fingerprint density at radius 1 is 1.27 bits per heavy atom. The SMILES string of the molecule is CC(C)N1Cc2nc(N3CCOCC3C)nc(-c3ccc(NC(=O)NCCC#N)cc3)c2C1. The van der Waals surface area contributed by atoms with Gasteiger partial charge in [-0.1, -0.05) is 12.1 Å². The number of carbonyl (C=O) groups excluding carboxylic acids is 1. The summed E-state index contributed by atoms with van der Waals surface area (Å²) < 4.78 is 5.60. The van der Waals surface area contributed by atoms with Crippen LogP contribution in [-0.4, -0.2) is 59.3 Å². The number of anilines is 2. The number of aromatic nitrogens is 2. The second kappa shape index (κ2) is 10.1. The standard InChI is InChI=1S/C24H31N7O2/c1-16(2)30-13-20-21(14-30)28-23(31-11-12-33-15-17(31)3)29-22(20)18-5-7-19(8-6-18)27-24(32)26-10-4-9-25/h5-8,16-17H,4,10-15H2,1-3H3,(H2,26,27,32). The van der Waals surface area contributed by atoms with Crippen LogP contribution in [0.15, 0.2) is 24.3 Å². The maximum absolute atomic E-state index is 12.0. The molecule has 2 aromatic rings. The van der Waals surface area contributed by atoms with Crippen LogP contribution >= 0.6 is 0 Å². The molecule has 1 fully saturated rings. The maximum Gasteiger partial charge on any atom is 0.319 e. The predicted octanol–water partition coefficient (Wildman–Crippen LogP) is 3.13. The minimum absolute atomic E-state index is 0.221. The average Bonchev–Trinajstić information content (AvgIpc) is 3.24. The Labute approximate surface area is 194 Å². The lowest BCUT2D eigenvalue weighted by molar-refractivity contribution is 0.0980. The van der Waals surface area contributed by atoms with Crippen LogP contribution in [0.4, 0.5) is 16.4 Å². The van der Waals surface area contributed by atoms with Crippen molar-refractivity contribution in [3.05, 3.63) is 35.5 Å². The van der Waals surface area contributed by atoms with Crippen molar-refractivity contribution in [1.29, 1.82) is 5.26 Å². The number of carbonyl (C=O) groups is 1. The van der Waals surface area contributed by atoms with E-state index in [1.54, 1.807) is 0 Å². The van der Waals surface area contributed by atoms with Crippen molar-refractivity contribution in [2.75, 3.05) is 36.5 Å². The van der Waals surface area contributed by atoms with Crippen LogP contribution in [0.25, 0.3) is 11.3 Å². The molecule has 2 N–H and O–H groups in total. The molecule has 2 amide bonds. The van der Waals surface area contributed by atoms with E-state index >= 15 is 0 Å². The fourth-order valence-corrected chi connectivity index (χ4v) is 4.14. The Kier molecular flexibility index (Phi) is 7.06. The third kappa shape index (κ3) is 5.24. The van der Waals surface area contributed by atoms with Gasteiger partial charge in [0.05, 0.1) is 43.1 Å². The Balaban J connectivity index is 1.61. The minimum atomic E-state index is -0.322. The summed E-state index contributed by atoms with van der Waals surface area (Å²) in [5, 5.41) is 14.1. The topological polar surface area (TPSA) is 106 Å². The number of ether oxygens (including phenoxy) is 1. The number of amides is 2. The lowest BCUT2D eigenvalue weighted by Gasteiger charge is -2.33. The first kappa shape index (κ1) is 23.0. The van der Waals surface area contributed by atoms with Crippen LogP contribution in [0.1, 0.15) is 38.4 Å². The highest BCUT2D eigenvalue weighted by Gasteiger charge is 2.30. The summed E-state index contributed by atoms with van der Waals surface area (Å²) in [6.07, 6.45) is 0.280. The summed E-state index contributed by atoms with van der Waals surface area (Å²) in [7, 11) is 0. The number of fused-ring (bicyclic) bond motifs is 1. The number of hydrogen-bond acceptors (Lipinski definition) is 7. The van der Waals surface area contributed by atoms with Crippen molar-refractivity contribution >= 4 is 17.7 Å². The van der Waals surface area contributed by atoms with E-state index in [9.17, 15) is 4.79 Å². The smallest absolute Gasteiger partial charge is 0.319 e. The van der Waals surface area contributed by atoms with Gasteiger partial charge in [-0.25, -0.2) is 14.8 Å². The monoisotopic (exact) mass is 449 g/mol. The van der Waals surface area contributed by atoms with Crippen LogP contribution in [-0.2, 0) is 17.8 Å². The number of nitrogens with zero attached hydrogens (tertiary/aromatic N) is 5. The summed E-state index contributed by atoms with van der Waals surface area (Å²) in [6.45, 7) is 10.6. The summed E-state index contributed by atoms with van der Waals surface area (Å²) in [6, 6.07) is 10.0. The molecule has 1 aromatic heterocycles. The molecule has 2 aliphatic heterocycles. The lowest BCUT2D eigenvalue weighted by Crippen LogP contribution is -2.44. The van der Waals surface area contributed by atoms with Crippen molar-refractivity contribution in [3.63, 3.8) is 0 Å². The second-order valence-corrected chi connectivity index (χ2v) is 8.78. The molecular formula is C24H31N7O2. The highest BCUT2D eigenvalue weighted by atomic mass is 16.5. The van der Waals surface area contributed by atoms with Crippen molar-refractivity contribution < 1.29 is 9.53 Å². The van der Waals surface area contributed by atoms with E-state index in [1.807, 2.05) is 30.3 Å². The van der Waals surface area contributed by atoms with Crippen LogP contribution < -0.4 is 15.5 Å². The van der Waals surface area contributed by atoms with E-state index < -0.39 is 0 Å². The number of benzene rings is 1. The van der Waals surface area contributed by atoms with Crippen LogP contribution in [0.3, 0.4) is 0 Å². The van der Waals surface area contributed by atoms with Gasteiger partial charge in [0.2, 0.25) is 5.95 Å². The molecule has 1 saturated heterocycles. The van der Waals surface area contributed by atoms with Gasteiger partial charge >= 0.3 is 6.03 Å². The van der Waals surface area contributed by atoms with E-state index in [-0.39, 0.29) is 18.5 Å². The molecule has 1 atom stereocenters. The Morgan fingerprint density at radius 2 is 2.06 bits per heavy atom. The highest BCUT2D eigenvalue weighted by Crippen LogP contribution is 2.34. The zero-order valence-corrected chi connectivity index (χ0v) is 19.5. The zero-order valence-electron chi connectivity index (χ0n) is 19.5. The number of urea groups is 1. The van der Waals surface area contributed by atoms with Gasteiger partial charge < -0.3 is 20.3 Å². The minimum Gasteiger partial charge on any atom is -0.377 e. The summed E-state index contributed by atoms with van der Waals surface area (Å²) in [4.78, 5) is 26.6. The number of hydrogen-bond donors (Lipinski definition) is 2. The molecule has 0 bridgehead atoms. The Morgan fingerprint density at radius 3 is 2.76 bits per heavy atom. The number of nitriles is 1. The van der Waals surface area contributed by atoms with E-state index in [2.05, 4.69) is 41.2 Å². The van der Waals surface area contributed by atoms with Gasteiger partial charge in [0.15, 0.2) is 0 Å². The van der Waals surface area contributed by atoms with Gasteiger partial charge in [0.25, 0.3) is 0 Å². The average molecular weight is 450 g/mol. The summed E-state index contributed by atoms with van der Waals surface area (Å²) in [5.74, 6) is 0.754. The van der Waals surface area contributed by atoms with Crippen LogP contribution in [0, 0.1) is 11.3 Å². The first-order valence-corrected chi connectivity index (χ1v) is 11.5. The molecule has 174 valence electrons. The first-order valence-electron chi connectivity index (χ1n) is 11.5. The van der Waals surface area contributed by atoms with Gasteiger partial charge in [-0.2, -0.15) is 5.26 Å². The summed E-state index contributed by atoms with van der Waals surface area (Å²) in [5.41, 5.74) is 4.88. The van der Waals surface area contributed by atoms with E-state index in [0.717, 1.165) is 42.5 Å². The summed E-state index contributed by atoms with van der Waals surface area (Å²) >= 11 is 0. The van der Waals surface area contributed by atoms with Crippen molar-refractivity contribution in [2.24, 2.45) is 0 Å². The molecular weight excluding hydrogens is 418 g/mol. The van der Waals surface area contributed by atoms with Gasteiger partial charge in [-0.15, -0.1) is 0 Å². The zero-order chi connectivity index (χ0) is 23.4. The molecule has 4 rings (SSSR count). The van der Waals surface area contributed by atoms with E-state index in [4.69, 9.17) is 20.0 Å². The predicted molar refractivity (Wildman–Crippen MR) is 127 cm³/mol. The van der Waals surface area contributed by atoms with Crippen molar-refractivity contribution in [2.45, 2.75) is 52.4 Å². The Bertz CT molecular complexity index is 1030. The molecule has 0 spiro atoms. The molecule has 3 heterocycles. The molecule has 1 aromatic carbocycles. The highest BCUT2D eigenvalue weighted by molar-refractivity contribution is 5.89. The molecule has 2 aliphatic rings. The second-order valence-electron chi connectivity index (χ2n) is 8.78. The van der Waals surface area contributed by atoms with Crippen LogP contribution in [0.2, 0.25) is 0 Å². The number of morpholine rings is 1. The Hall–Kier alpha value is -3.22. The molecule has 9 nitrogen and oxygen atoms in total. The van der Waals surface area contributed by atoms with Gasteiger partial charge in [0, 0.05) is 49.0 Å². The van der Waals surface area contributed by atoms with Crippen LogP contribution in [0.5, 0.6) is 0 Å². The normalized spacial score (nSPS) is 18.2. The fourth-order valence-electron chi connectivity index (χ4n) is 4.14. The third-order valence-electron chi connectivity index (χ3n) is 6.09. The third-order valence-corrected chi connectivity index (χ3v) is 6.09. The van der Waals surface area contributed by atoms with E-state index in [1.165, 1.54) is 5.56 Å². The van der Waals surface area contributed by atoms with Crippen molar-refractivity contribution in [3.8, 4) is 17.3 Å². The van der Waals surface area contributed by atoms with Gasteiger partial charge in [-0.05, 0) is 32.9 Å². The molecule has 33 heavy (non-hydrogen) atoms. The van der Waals surface area contributed by atoms with Gasteiger partial charge in [0.1, 0.15) is 0 Å². The maximum atomic E-state index is 12.0. The molecule has 0 saturated carbocycles. The number of rotatable bonds is 6. The number of nitrogens with one attached hydrogen (secondary N) is 2.